The van der Waals surface area contributed by atoms with Crippen LogP contribution in [0.3, 0.4) is 0 Å². The van der Waals surface area contributed by atoms with E-state index in [9.17, 15) is 19.5 Å². The molecule has 2 fully saturated rings. The number of methoxy groups -OCH3 is 1. The molecule has 3 aliphatic carbocycles. The van der Waals surface area contributed by atoms with Crippen molar-refractivity contribution in [2.75, 3.05) is 7.11 Å². The molecule has 1 N–H and O–H groups in total. The molecule has 7 atom stereocenters. The fourth-order valence-corrected chi connectivity index (χ4v) is 6.56. The third-order valence-corrected chi connectivity index (χ3v) is 7.92. The molecule has 1 heterocycles. The summed E-state index contributed by atoms with van der Waals surface area (Å²) in [5, 5.41) is 10.6. The SMILES string of the molecule is COC1=C[C@@H](C)[C@@H]2C[C@H]3OC(=O)C[C@H]4C(C)=C(O)C(=O)[C@@H]([C@@]2(C)C1=O)[C@@]34C. The molecule has 0 aromatic carbocycles. The largest absolute Gasteiger partial charge is 0.504 e. The van der Waals surface area contributed by atoms with Crippen LogP contribution in [0.25, 0.3) is 0 Å². The standard InChI is InChI=1S/C21H26O6/c1-9-6-13(26-5)19(25)21(4)11(9)7-14-20(3)12(8-15(22)27-14)10(2)16(23)17(24)18(20)21/h6,9,11-12,14,18,23H,7-8H2,1-5H3/t9-,11+,12+,14-,18-,20-,21+/m1/s1. The first-order valence-corrected chi connectivity index (χ1v) is 9.52. The zero-order chi connectivity index (χ0) is 19.9. The lowest BCUT2D eigenvalue weighted by Gasteiger charge is -2.63. The van der Waals surface area contributed by atoms with E-state index in [1.807, 2.05) is 20.8 Å². The predicted molar refractivity (Wildman–Crippen MR) is 95.4 cm³/mol. The topological polar surface area (TPSA) is 89.9 Å². The van der Waals surface area contributed by atoms with Crippen molar-refractivity contribution < 1.29 is 29.0 Å². The highest BCUT2D eigenvalue weighted by Crippen LogP contribution is 2.66. The summed E-state index contributed by atoms with van der Waals surface area (Å²) >= 11 is 0. The monoisotopic (exact) mass is 374 g/mol. The summed E-state index contributed by atoms with van der Waals surface area (Å²) in [4.78, 5) is 39.0. The normalized spacial score (nSPS) is 46.3. The second-order valence-corrected chi connectivity index (χ2v) is 8.98. The number of fused-ring (bicyclic) bond motifs is 2. The van der Waals surface area contributed by atoms with Crippen LogP contribution in [0.4, 0.5) is 0 Å². The summed E-state index contributed by atoms with van der Waals surface area (Å²) < 4.78 is 11.1. The summed E-state index contributed by atoms with van der Waals surface area (Å²) in [6.07, 6.45) is 1.98. The minimum atomic E-state index is -1.02. The summed E-state index contributed by atoms with van der Waals surface area (Å²) in [6.45, 7) is 7.47. The highest BCUT2D eigenvalue weighted by molar-refractivity contribution is 6.07. The van der Waals surface area contributed by atoms with Gasteiger partial charge in [-0.25, -0.2) is 0 Å². The maximum absolute atomic E-state index is 13.4. The molecule has 1 aliphatic heterocycles. The average Bonchev–Trinajstić information content (AvgIpc) is 2.61. The van der Waals surface area contributed by atoms with Gasteiger partial charge in [-0.15, -0.1) is 0 Å². The van der Waals surface area contributed by atoms with Crippen LogP contribution in [0, 0.1) is 34.5 Å². The van der Waals surface area contributed by atoms with Crippen molar-refractivity contribution in [1.29, 1.82) is 0 Å². The van der Waals surface area contributed by atoms with Crippen molar-refractivity contribution in [1.82, 2.24) is 0 Å². The smallest absolute Gasteiger partial charge is 0.306 e. The first-order chi connectivity index (χ1) is 12.6. The van der Waals surface area contributed by atoms with Gasteiger partial charge in [0, 0.05) is 22.7 Å². The minimum Gasteiger partial charge on any atom is -0.504 e. The van der Waals surface area contributed by atoms with Gasteiger partial charge in [-0.2, -0.15) is 0 Å². The van der Waals surface area contributed by atoms with Gasteiger partial charge in [-0.1, -0.05) is 20.8 Å². The molecular weight excluding hydrogens is 348 g/mol. The van der Waals surface area contributed by atoms with E-state index in [-0.39, 0.29) is 47.4 Å². The third kappa shape index (κ3) is 1.99. The molecule has 0 aromatic heterocycles. The van der Waals surface area contributed by atoms with E-state index in [4.69, 9.17) is 9.47 Å². The molecular formula is C21H26O6. The Labute approximate surface area is 158 Å². The van der Waals surface area contributed by atoms with Crippen LogP contribution in [0.1, 0.15) is 40.5 Å². The molecule has 4 rings (SSSR count). The van der Waals surface area contributed by atoms with E-state index in [1.54, 1.807) is 13.0 Å². The van der Waals surface area contributed by atoms with E-state index in [2.05, 4.69) is 0 Å². The van der Waals surface area contributed by atoms with Crippen LogP contribution < -0.4 is 0 Å². The van der Waals surface area contributed by atoms with Gasteiger partial charge in [0.2, 0.25) is 11.6 Å². The lowest BCUT2D eigenvalue weighted by atomic mass is 9.40. The molecule has 0 spiro atoms. The average molecular weight is 374 g/mol. The Hall–Kier alpha value is -2.11. The first-order valence-electron chi connectivity index (χ1n) is 9.52. The summed E-state index contributed by atoms with van der Waals surface area (Å²) in [6, 6.07) is 0. The lowest BCUT2D eigenvalue weighted by molar-refractivity contribution is -0.216. The third-order valence-electron chi connectivity index (χ3n) is 7.92. The zero-order valence-electron chi connectivity index (χ0n) is 16.4. The zero-order valence-corrected chi connectivity index (χ0v) is 16.4. The Bertz CT molecular complexity index is 823. The maximum atomic E-state index is 13.4. The van der Waals surface area contributed by atoms with Crippen LogP contribution in [0.5, 0.6) is 0 Å². The fraction of sp³-hybridized carbons (Fsp3) is 0.667. The van der Waals surface area contributed by atoms with Gasteiger partial charge in [-0.05, 0) is 36.8 Å². The van der Waals surface area contributed by atoms with Crippen LogP contribution in [-0.4, -0.2) is 35.9 Å². The Morgan fingerprint density at radius 3 is 2.56 bits per heavy atom. The van der Waals surface area contributed by atoms with Crippen LogP contribution >= 0.6 is 0 Å². The number of carbonyl (C=O) groups is 3. The maximum Gasteiger partial charge on any atom is 0.306 e. The van der Waals surface area contributed by atoms with Gasteiger partial charge < -0.3 is 14.6 Å². The second-order valence-electron chi connectivity index (χ2n) is 8.98. The highest BCUT2D eigenvalue weighted by Gasteiger charge is 2.71. The van der Waals surface area contributed by atoms with Crippen molar-refractivity contribution in [2.45, 2.75) is 46.6 Å². The summed E-state index contributed by atoms with van der Waals surface area (Å²) in [5.74, 6) is -2.23. The Kier molecular flexibility index (Phi) is 3.69. The van der Waals surface area contributed by atoms with E-state index < -0.39 is 28.6 Å². The Morgan fingerprint density at radius 1 is 1.26 bits per heavy atom. The van der Waals surface area contributed by atoms with Crippen LogP contribution in [0.2, 0.25) is 0 Å². The van der Waals surface area contributed by atoms with Crippen LogP contribution in [-0.2, 0) is 23.9 Å². The molecule has 146 valence electrons. The molecule has 1 saturated carbocycles. The van der Waals surface area contributed by atoms with Crippen molar-refractivity contribution in [3.63, 3.8) is 0 Å². The number of ether oxygens (including phenoxy) is 2. The molecule has 0 aromatic rings. The number of aliphatic hydroxyl groups is 1. The number of carbonyl (C=O) groups excluding carboxylic acids is 3. The lowest BCUT2D eigenvalue weighted by Crippen LogP contribution is -2.69. The molecule has 4 aliphatic rings. The van der Waals surface area contributed by atoms with Crippen molar-refractivity contribution >= 4 is 17.5 Å². The van der Waals surface area contributed by atoms with Gasteiger partial charge in [0.1, 0.15) is 6.10 Å². The molecule has 6 nitrogen and oxygen atoms in total. The number of hydrogen-bond donors (Lipinski definition) is 1. The molecule has 0 unspecified atom stereocenters. The van der Waals surface area contributed by atoms with Crippen molar-refractivity contribution in [3.8, 4) is 0 Å². The molecule has 27 heavy (non-hydrogen) atoms. The van der Waals surface area contributed by atoms with Crippen LogP contribution in [0.15, 0.2) is 23.2 Å². The van der Waals surface area contributed by atoms with Crippen molar-refractivity contribution in [2.24, 2.45) is 34.5 Å². The first kappa shape index (κ1) is 18.3. The van der Waals surface area contributed by atoms with Crippen molar-refractivity contribution in [3.05, 3.63) is 23.2 Å². The van der Waals surface area contributed by atoms with Gasteiger partial charge >= 0.3 is 5.97 Å². The Morgan fingerprint density at radius 2 is 1.93 bits per heavy atom. The number of ketones is 2. The summed E-state index contributed by atoms with van der Waals surface area (Å²) in [7, 11) is 1.46. The van der Waals surface area contributed by atoms with Gasteiger partial charge in [0.25, 0.3) is 0 Å². The number of rotatable bonds is 1. The molecule has 0 amide bonds. The molecule has 6 heteroatoms. The number of aliphatic hydroxyl groups excluding tert-OH is 1. The quantitative estimate of drug-likeness (QED) is 0.710. The Balaban J connectivity index is 1.98. The van der Waals surface area contributed by atoms with E-state index in [1.165, 1.54) is 7.11 Å². The van der Waals surface area contributed by atoms with Gasteiger partial charge in [0.15, 0.2) is 11.5 Å². The number of hydrogen-bond acceptors (Lipinski definition) is 6. The highest BCUT2D eigenvalue weighted by atomic mass is 16.5. The van der Waals surface area contributed by atoms with E-state index in [0.29, 0.717) is 12.0 Å². The minimum absolute atomic E-state index is 0.0202. The number of esters is 1. The molecule has 0 radical (unpaired) electrons. The number of allylic oxidation sites excluding steroid dienone is 4. The van der Waals surface area contributed by atoms with E-state index in [0.717, 1.165) is 0 Å². The molecule has 1 saturated heterocycles. The van der Waals surface area contributed by atoms with Gasteiger partial charge in [0.05, 0.1) is 13.5 Å². The summed E-state index contributed by atoms with van der Waals surface area (Å²) in [5.41, 5.74) is -1.21. The van der Waals surface area contributed by atoms with Gasteiger partial charge in [-0.3, -0.25) is 14.4 Å². The predicted octanol–water partition coefficient (Wildman–Crippen LogP) is 2.73. The number of Topliss-reactive ketones (excluding diaryl/α,β-unsaturated/α-hetero) is 2. The molecule has 0 bridgehead atoms. The second kappa shape index (κ2) is 5.46. The van der Waals surface area contributed by atoms with E-state index >= 15 is 0 Å². The fourth-order valence-electron chi connectivity index (χ4n) is 6.56.